The fourth-order valence-electron chi connectivity index (χ4n) is 8.70. The lowest BCUT2D eigenvalue weighted by Gasteiger charge is -2.23. The Hall–Kier alpha value is -7.82. The van der Waals surface area contributed by atoms with E-state index in [1.807, 2.05) is 18.2 Å². The molecule has 0 saturated carbocycles. The van der Waals surface area contributed by atoms with Gasteiger partial charge in [-0.05, 0) is 60.5 Å². The third-order valence-corrected chi connectivity index (χ3v) is 11.4. The highest BCUT2D eigenvalue weighted by molar-refractivity contribution is 6.25. The standard InChI is InChI=1S/C56H42N4/c1-3-5-32-52(60-50-33-20-18-30-44(50)45-35-36-53-54(55(45)60)46-31-19-21-34-51(46)59(53)43-28-16-9-17-29-43)47(40-22-10-6-11-23-40)37-39(4-2)56-57-48(41-24-12-7-13-25-41)38-49(58-56)42-26-14-8-15-27-42/h3-38,52H,1H2,2H3/b32-5-,39-4+,47-37-. The van der Waals surface area contributed by atoms with Crippen LogP contribution in [0.3, 0.4) is 0 Å². The molecule has 0 radical (unpaired) electrons. The Kier molecular flexibility index (Phi) is 9.64. The van der Waals surface area contributed by atoms with Crippen molar-refractivity contribution in [3.8, 4) is 28.2 Å². The highest BCUT2D eigenvalue weighted by Crippen LogP contribution is 2.45. The van der Waals surface area contributed by atoms with Gasteiger partial charge in [0.15, 0.2) is 5.82 Å². The molecule has 3 aromatic heterocycles. The van der Waals surface area contributed by atoms with Gasteiger partial charge in [0.05, 0.1) is 34.0 Å². The zero-order chi connectivity index (χ0) is 40.4. The summed E-state index contributed by atoms with van der Waals surface area (Å²) >= 11 is 0. The topological polar surface area (TPSA) is 35.6 Å². The van der Waals surface area contributed by atoms with Crippen molar-refractivity contribution >= 4 is 54.8 Å². The van der Waals surface area contributed by atoms with Gasteiger partial charge in [-0.25, -0.2) is 9.97 Å². The number of allylic oxidation sites excluding steroid dienone is 7. The van der Waals surface area contributed by atoms with Gasteiger partial charge < -0.3 is 9.13 Å². The summed E-state index contributed by atoms with van der Waals surface area (Å²) in [7, 11) is 0. The largest absolute Gasteiger partial charge is 0.329 e. The normalized spacial score (nSPS) is 12.9. The maximum Gasteiger partial charge on any atom is 0.160 e. The van der Waals surface area contributed by atoms with E-state index in [2.05, 4.69) is 223 Å². The third-order valence-electron chi connectivity index (χ3n) is 11.4. The minimum absolute atomic E-state index is 0.266. The number of hydrogen-bond acceptors (Lipinski definition) is 2. The molecule has 0 aliphatic rings. The molecule has 0 fully saturated rings. The first kappa shape index (κ1) is 36.5. The maximum absolute atomic E-state index is 5.27. The first-order valence-electron chi connectivity index (χ1n) is 20.4. The van der Waals surface area contributed by atoms with Crippen molar-refractivity contribution in [2.24, 2.45) is 0 Å². The Morgan fingerprint density at radius 3 is 1.77 bits per heavy atom. The Balaban J connectivity index is 1.28. The summed E-state index contributed by atoms with van der Waals surface area (Å²) in [5.41, 5.74) is 12.7. The Bertz CT molecular complexity index is 3200. The number of rotatable bonds is 10. The fourth-order valence-corrected chi connectivity index (χ4v) is 8.70. The monoisotopic (exact) mass is 770 g/mol. The summed E-state index contributed by atoms with van der Waals surface area (Å²) in [6, 6.07) is 66.1. The quantitative estimate of drug-likeness (QED) is 0.130. The first-order chi connectivity index (χ1) is 29.7. The van der Waals surface area contributed by atoms with Crippen LogP contribution in [-0.2, 0) is 0 Å². The van der Waals surface area contributed by atoms with Crippen molar-refractivity contribution in [1.29, 1.82) is 0 Å². The van der Waals surface area contributed by atoms with E-state index >= 15 is 0 Å². The molecule has 0 saturated heterocycles. The van der Waals surface area contributed by atoms with Crippen LogP contribution in [0.1, 0.15) is 24.4 Å². The second-order valence-electron chi connectivity index (χ2n) is 14.9. The Morgan fingerprint density at radius 1 is 0.567 bits per heavy atom. The number of para-hydroxylation sites is 3. The van der Waals surface area contributed by atoms with Gasteiger partial charge in [0.2, 0.25) is 0 Å². The molecule has 1 atom stereocenters. The van der Waals surface area contributed by atoms with Gasteiger partial charge in [-0.2, -0.15) is 0 Å². The summed E-state index contributed by atoms with van der Waals surface area (Å²) in [6.45, 7) is 6.23. The number of benzene rings is 7. The van der Waals surface area contributed by atoms with Gasteiger partial charge in [-0.3, -0.25) is 0 Å². The maximum atomic E-state index is 5.27. The number of nitrogens with zero attached hydrogens (tertiary/aromatic N) is 4. The summed E-state index contributed by atoms with van der Waals surface area (Å²) in [5, 5.41) is 4.82. The second kappa shape index (κ2) is 15.8. The van der Waals surface area contributed by atoms with Crippen molar-refractivity contribution in [3.05, 3.63) is 236 Å². The highest BCUT2D eigenvalue weighted by Gasteiger charge is 2.26. The molecule has 10 aromatic rings. The van der Waals surface area contributed by atoms with Crippen molar-refractivity contribution in [2.75, 3.05) is 0 Å². The average Bonchev–Trinajstić information content (AvgIpc) is 3.84. The molecule has 10 rings (SSSR count). The lowest BCUT2D eigenvalue weighted by atomic mass is 9.94. The van der Waals surface area contributed by atoms with Crippen LogP contribution in [0.15, 0.2) is 225 Å². The predicted molar refractivity (Wildman–Crippen MR) is 253 cm³/mol. The molecule has 286 valence electrons. The smallest absolute Gasteiger partial charge is 0.160 e. The average molecular weight is 771 g/mol. The van der Waals surface area contributed by atoms with Gasteiger partial charge in [-0.15, -0.1) is 0 Å². The second-order valence-corrected chi connectivity index (χ2v) is 14.9. The van der Waals surface area contributed by atoms with Crippen LogP contribution in [0.4, 0.5) is 0 Å². The molecule has 0 spiro atoms. The first-order valence-corrected chi connectivity index (χ1v) is 20.4. The van der Waals surface area contributed by atoms with Crippen molar-refractivity contribution in [2.45, 2.75) is 13.0 Å². The van der Waals surface area contributed by atoms with Crippen LogP contribution < -0.4 is 0 Å². The van der Waals surface area contributed by atoms with E-state index in [0.717, 1.165) is 55.9 Å². The van der Waals surface area contributed by atoms with Crippen molar-refractivity contribution < 1.29 is 0 Å². The van der Waals surface area contributed by atoms with E-state index < -0.39 is 0 Å². The molecule has 60 heavy (non-hydrogen) atoms. The van der Waals surface area contributed by atoms with Crippen LogP contribution in [-0.4, -0.2) is 19.1 Å². The SMILES string of the molecule is C=C/C=C\C(/C(=C\C(=C/C)c1nc(-c2ccccc2)cc(-c2ccccc2)n1)c1ccccc1)n1c2ccccc2c2ccc3c(c4ccccc4n3-c3ccccc3)c21. The van der Waals surface area contributed by atoms with Gasteiger partial charge in [0, 0.05) is 49.4 Å². The van der Waals surface area contributed by atoms with Gasteiger partial charge in [0.1, 0.15) is 0 Å². The lowest BCUT2D eigenvalue weighted by Crippen LogP contribution is -2.10. The molecule has 0 amide bonds. The van der Waals surface area contributed by atoms with Crippen LogP contribution in [0.2, 0.25) is 0 Å². The number of hydrogen-bond donors (Lipinski definition) is 0. The van der Waals surface area contributed by atoms with Crippen molar-refractivity contribution in [3.63, 3.8) is 0 Å². The molecule has 0 bridgehead atoms. The van der Waals surface area contributed by atoms with E-state index in [4.69, 9.17) is 9.97 Å². The van der Waals surface area contributed by atoms with Crippen LogP contribution in [0.25, 0.3) is 83.0 Å². The Labute approximate surface area is 350 Å². The molecule has 3 heterocycles. The van der Waals surface area contributed by atoms with E-state index in [9.17, 15) is 0 Å². The molecule has 0 aliphatic carbocycles. The van der Waals surface area contributed by atoms with Crippen molar-refractivity contribution in [1.82, 2.24) is 19.1 Å². The van der Waals surface area contributed by atoms with E-state index in [-0.39, 0.29) is 6.04 Å². The van der Waals surface area contributed by atoms with Crippen LogP contribution in [0, 0.1) is 0 Å². The van der Waals surface area contributed by atoms with E-state index in [1.54, 1.807) is 0 Å². The number of fused-ring (bicyclic) bond motifs is 7. The van der Waals surface area contributed by atoms with Crippen LogP contribution in [0.5, 0.6) is 0 Å². The molecule has 0 N–H and O–H groups in total. The molecule has 4 heteroatoms. The van der Waals surface area contributed by atoms with E-state index in [1.165, 1.54) is 32.6 Å². The minimum atomic E-state index is -0.266. The van der Waals surface area contributed by atoms with Gasteiger partial charge in [0.25, 0.3) is 0 Å². The Morgan fingerprint density at radius 2 is 1.13 bits per heavy atom. The summed E-state index contributed by atoms with van der Waals surface area (Å²) < 4.78 is 4.94. The summed E-state index contributed by atoms with van der Waals surface area (Å²) in [6.07, 6.45) is 10.6. The summed E-state index contributed by atoms with van der Waals surface area (Å²) in [4.78, 5) is 10.5. The lowest BCUT2D eigenvalue weighted by molar-refractivity contribution is 0.801. The molecular formula is C56H42N4. The zero-order valence-electron chi connectivity index (χ0n) is 33.4. The molecule has 0 aliphatic heterocycles. The van der Waals surface area contributed by atoms with Gasteiger partial charge >= 0.3 is 0 Å². The molecular weight excluding hydrogens is 729 g/mol. The molecule has 4 nitrogen and oxygen atoms in total. The zero-order valence-corrected chi connectivity index (χ0v) is 33.4. The fraction of sp³-hybridized carbons (Fsp3) is 0.0357. The van der Waals surface area contributed by atoms with Crippen LogP contribution >= 0.6 is 0 Å². The van der Waals surface area contributed by atoms with E-state index in [0.29, 0.717) is 5.82 Å². The number of aromatic nitrogens is 4. The highest BCUT2D eigenvalue weighted by atomic mass is 15.0. The third kappa shape index (κ3) is 6.45. The predicted octanol–water partition coefficient (Wildman–Crippen LogP) is 14.5. The summed E-state index contributed by atoms with van der Waals surface area (Å²) in [5.74, 6) is 0.660. The van der Waals surface area contributed by atoms with Gasteiger partial charge in [-0.1, -0.05) is 183 Å². The molecule has 7 aromatic carbocycles. The molecule has 1 unspecified atom stereocenters. The minimum Gasteiger partial charge on any atom is -0.329 e.